The molecule has 0 aliphatic carbocycles. The Balaban J connectivity index is 2.03. The molecule has 138 valence electrons. The number of rotatable bonds is 4. The van der Waals surface area contributed by atoms with Gasteiger partial charge in [-0.15, -0.1) is 0 Å². The zero-order valence-electron chi connectivity index (χ0n) is 15.5. The predicted molar refractivity (Wildman–Crippen MR) is 110 cm³/mol. The molecule has 2 aromatic carbocycles. The minimum atomic E-state index is -0.557. The van der Waals surface area contributed by atoms with Crippen LogP contribution in [-0.4, -0.2) is 23.3 Å². The van der Waals surface area contributed by atoms with Crippen molar-refractivity contribution in [3.63, 3.8) is 0 Å². The molecule has 0 aliphatic rings. The summed E-state index contributed by atoms with van der Waals surface area (Å²) in [6.45, 7) is 5.15. The van der Waals surface area contributed by atoms with Crippen LogP contribution < -0.4 is 0 Å². The van der Waals surface area contributed by atoms with Crippen molar-refractivity contribution < 1.29 is 14.3 Å². The molecule has 0 saturated heterocycles. The first kappa shape index (κ1) is 19.2. The molecule has 0 aliphatic heterocycles. The van der Waals surface area contributed by atoms with E-state index in [9.17, 15) is 9.59 Å². The molecule has 0 saturated carbocycles. The topological polar surface area (TPSA) is 56.3 Å². The molecule has 0 atom stereocenters. The molecule has 0 N–H and O–H groups in total. The predicted octanol–water partition coefficient (Wildman–Crippen LogP) is 5.44. The summed E-state index contributed by atoms with van der Waals surface area (Å²) in [4.78, 5) is 29.5. The van der Waals surface area contributed by atoms with Crippen LogP contribution in [0.1, 0.15) is 31.1 Å². The van der Waals surface area contributed by atoms with Gasteiger partial charge in [0.2, 0.25) is 0 Å². The highest BCUT2D eigenvalue weighted by Crippen LogP contribution is 2.28. The summed E-state index contributed by atoms with van der Waals surface area (Å²) in [6.07, 6.45) is 0. The first-order valence-electron chi connectivity index (χ1n) is 8.62. The lowest BCUT2D eigenvalue weighted by atomic mass is 9.91. The maximum absolute atomic E-state index is 12.8. The normalized spacial score (nSPS) is 11.4. The summed E-state index contributed by atoms with van der Waals surface area (Å²) in [5.74, 6) is -0.658. The smallest absolute Gasteiger partial charge is 0.339 e. The number of ether oxygens (including phenoxy) is 1. The van der Waals surface area contributed by atoms with Crippen molar-refractivity contribution in [3.05, 3.63) is 64.6 Å². The molecule has 0 unspecified atom stereocenters. The van der Waals surface area contributed by atoms with Crippen LogP contribution in [-0.2, 0) is 9.53 Å². The van der Waals surface area contributed by atoms with Gasteiger partial charge in [-0.1, -0.05) is 67.0 Å². The molecular formula is C22H20BrNO3. The third kappa shape index (κ3) is 4.42. The van der Waals surface area contributed by atoms with Crippen LogP contribution in [0.4, 0.5) is 0 Å². The molecule has 0 radical (unpaired) electrons. The monoisotopic (exact) mass is 425 g/mol. The molecule has 1 aromatic heterocycles. The number of pyridine rings is 1. The van der Waals surface area contributed by atoms with E-state index in [1.165, 1.54) is 0 Å². The number of Topliss-reactive ketones (excluding diaryl/α,β-unsaturated/α-hetero) is 1. The van der Waals surface area contributed by atoms with Crippen LogP contribution in [0.25, 0.3) is 22.2 Å². The number of benzene rings is 2. The second kappa shape index (κ2) is 7.61. The summed E-state index contributed by atoms with van der Waals surface area (Å²) in [5.41, 5.74) is 2.11. The molecule has 3 aromatic rings. The van der Waals surface area contributed by atoms with Crippen LogP contribution in [0.2, 0.25) is 0 Å². The number of carbonyl (C=O) groups excluding carboxylic acids is 2. The Labute approximate surface area is 166 Å². The highest BCUT2D eigenvalue weighted by molar-refractivity contribution is 9.10. The van der Waals surface area contributed by atoms with Gasteiger partial charge in [0.1, 0.15) is 0 Å². The summed E-state index contributed by atoms with van der Waals surface area (Å²) >= 11 is 3.43. The molecule has 0 fully saturated rings. The van der Waals surface area contributed by atoms with Gasteiger partial charge in [0.15, 0.2) is 12.4 Å². The van der Waals surface area contributed by atoms with E-state index in [0.29, 0.717) is 22.2 Å². The van der Waals surface area contributed by atoms with Gasteiger partial charge in [0.05, 0.1) is 16.8 Å². The number of carbonyl (C=O) groups is 2. The fourth-order valence-corrected chi connectivity index (χ4v) is 2.91. The second-order valence-corrected chi connectivity index (χ2v) is 8.25. The summed E-state index contributed by atoms with van der Waals surface area (Å²) in [5, 5.41) is 0.678. The van der Waals surface area contributed by atoms with Crippen molar-refractivity contribution in [2.75, 3.05) is 6.61 Å². The Kier molecular flexibility index (Phi) is 5.42. The zero-order valence-corrected chi connectivity index (χ0v) is 17.0. The van der Waals surface area contributed by atoms with Crippen molar-refractivity contribution in [2.24, 2.45) is 5.41 Å². The van der Waals surface area contributed by atoms with Gasteiger partial charge < -0.3 is 4.74 Å². The van der Waals surface area contributed by atoms with Crippen LogP contribution in [0.15, 0.2) is 59.1 Å². The van der Waals surface area contributed by atoms with Crippen LogP contribution in [0.3, 0.4) is 0 Å². The van der Waals surface area contributed by atoms with Crippen molar-refractivity contribution in [3.8, 4) is 11.3 Å². The van der Waals surface area contributed by atoms with E-state index >= 15 is 0 Å². The van der Waals surface area contributed by atoms with E-state index in [1.54, 1.807) is 26.8 Å². The molecule has 4 nitrogen and oxygen atoms in total. The fraction of sp³-hybridized carbons (Fsp3) is 0.227. The number of fused-ring (bicyclic) bond motifs is 1. The van der Waals surface area contributed by atoms with Crippen LogP contribution in [0, 0.1) is 5.41 Å². The lowest BCUT2D eigenvalue weighted by Gasteiger charge is -2.16. The minimum Gasteiger partial charge on any atom is -0.454 e. The Morgan fingerprint density at radius 3 is 2.41 bits per heavy atom. The van der Waals surface area contributed by atoms with Crippen LogP contribution >= 0.6 is 15.9 Å². The number of halogens is 1. The van der Waals surface area contributed by atoms with Gasteiger partial charge in [0, 0.05) is 20.8 Å². The molecule has 0 bridgehead atoms. The number of ketones is 1. The molecular weight excluding hydrogens is 406 g/mol. The molecule has 3 rings (SSSR count). The van der Waals surface area contributed by atoms with Gasteiger partial charge >= 0.3 is 5.97 Å². The Morgan fingerprint density at radius 2 is 1.74 bits per heavy atom. The van der Waals surface area contributed by atoms with Gasteiger partial charge in [-0.3, -0.25) is 4.79 Å². The maximum atomic E-state index is 12.8. The van der Waals surface area contributed by atoms with Crippen molar-refractivity contribution >= 4 is 38.6 Å². The van der Waals surface area contributed by atoms with Gasteiger partial charge in [-0.05, 0) is 24.3 Å². The van der Waals surface area contributed by atoms with Gasteiger partial charge in [0.25, 0.3) is 0 Å². The lowest BCUT2D eigenvalue weighted by Crippen LogP contribution is -2.26. The zero-order chi connectivity index (χ0) is 19.6. The van der Waals surface area contributed by atoms with E-state index in [-0.39, 0.29) is 12.4 Å². The molecule has 0 spiro atoms. The van der Waals surface area contributed by atoms with Gasteiger partial charge in [-0.2, -0.15) is 0 Å². The first-order chi connectivity index (χ1) is 12.8. The van der Waals surface area contributed by atoms with Crippen molar-refractivity contribution in [1.82, 2.24) is 4.98 Å². The van der Waals surface area contributed by atoms with E-state index in [0.717, 1.165) is 10.0 Å². The second-order valence-electron chi connectivity index (χ2n) is 7.33. The molecule has 1 heterocycles. The standard InChI is InChI=1S/C22H20BrNO3/c1-22(2,3)20(25)13-27-21(26)17-12-19(14-7-5-4-6-8-14)24-18-10-9-15(23)11-16(17)18/h4-12H,13H2,1-3H3. The molecule has 27 heavy (non-hydrogen) atoms. The van der Waals surface area contributed by atoms with E-state index in [2.05, 4.69) is 20.9 Å². The SMILES string of the molecule is CC(C)(C)C(=O)COC(=O)c1cc(-c2ccccc2)nc2ccc(Br)cc12. The van der Waals surface area contributed by atoms with E-state index < -0.39 is 11.4 Å². The Bertz CT molecular complexity index is 1010. The van der Waals surface area contributed by atoms with E-state index in [1.807, 2.05) is 48.5 Å². The third-order valence-corrected chi connectivity index (χ3v) is 4.72. The van der Waals surface area contributed by atoms with Gasteiger partial charge in [-0.25, -0.2) is 9.78 Å². The number of nitrogens with zero attached hydrogens (tertiary/aromatic N) is 1. The highest BCUT2D eigenvalue weighted by Gasteiger charge is 2.23. The Morgan fingerprint density at radius 1 is 1.04 bits per heavy atom. The largest absolute Gasteiger partial charge is 0.454 e. The third-order valence-electron chi connectivity index (χ3n) is 4.23. The maximum Gasteiger partial charge on any atom is 0.339 e. The van der Waals surface area contributed by atoms with Crippen molar-refractivity contribution in [2.45, 2.75) is 20.8 Å². The van der Waals surface area contributed by atoms with Crippen LogP contribution in [0.5, 0.6) is 0 Å². The average Bonchev–Trinajstić information content (AvgIpc) is 2.64. The number of hydrogen-bond donors (Lipinski definition) is 0. The number of hydrogen-bond acceptors (Lipinski definition) is 4. The number of esters is 1. The minimum absolute atomic E-state index is 0.126. The Hall–Kier alpha value is -2.53. The fourth-order valence-electron chi connectivity index (χ4n) is 2.55. The van der Waals surface area contributed by atoms with Crippen molar-refractivity contribution in [1.29, 1.82) is 0 Å². The quantitative estimate of drug-likeness (QED) is 0.522. The average molecular weight is 426 g/mol. The number of aromatic nitrogens is 1. The summed E-state index contributed by atoms with van der Waals surface area (Å²) < 4.78 is 6.16. The molecule has 5 heteroatoms. The first-order valence-corrected chi connectivity index (χ1v) is 9.41. The molecule has 0 amide bonds. The lowest BCUT2D eigenvalue weighted by molar-refractivity contribution is -0.129. The summed E-state index contributed by atoms with van der Waals surface area (Å²) in [6, 6.07) is 16.9. The van der Waals surface area contributed by atoms with E-state index in [4.69, 9.17) is 4.74 Å². The summed E-state index contributed by atoms with van der Waals surface area (Å²) in [7, 11) is 0. The highest BCUT2D eigenvalue weighted by atomic mass is 79.9.